The number of rotatable bonds is 5. The minimum atomic E-state index is -3.80. The summed E-state index contributed by atoms with van der Waals surface area (Å²) in [5.74, 6) is -0.515. The maximum absolute atomic E-state index is 14.2. The van der Waals surface area contributed by atoms with Gasteiger partial charge in [0.2, 0.25) is 15.9 Å². The first-order valence-electron chi connectivity index (χ1n) is 8.28. The molecule has 1 saturated heterocycles. The molecule has 134 valence electrons. The number of halogens is 1. The summed E-state index contributed by atoms with van der Waals surface area (Å²) < 4.78 is 39.8. The standard InChI is InChI=1S/C17H25FN2O3S/c1-4-15(17(21)19-11-7-8-13(2)12-19)20(24(3,22)23)16-10-6-5-9-14(16)18/h5-6,9-10,13,15H,4,7-8,11-12H2,1-3H3/t13-,15+/m1/s1. The molecule has 1 aromatic carbocycles. The first-order valence-corrected chi connectivity index (χ1v) is 10.1. The zero-order valence-electron chi connectivity index (χ0n) is 14.4. The second-order valence-electron chi connectivity index (χ2n) is 6.47. The predicted molar refractivity (Wildman–Crippen MR) is 92.8 cm³/mol. The van der Waals surface area contributed by atoms with E-state index in [1.807, 2.05) is 0 Å². The number of piperidine rings is 1. The van der Waals surface area contributed by atoms with Gasteiger partial charge in [-0.2, -0.15) is 0 Å². The van der Waals surface area contributed by atoms with Gasteiger partial charge >= 0.3 is 0 Å². The monoisotopic (exact) mass is 356 g/mol. The molecule has 2 atom stereocenters. The van der Waals surface area contributed by atoms with E-state index < -0.39 is 21.9 Å². The van der Waals surface area contributed by atoms with E-state index in [1.165, 1.54) is 18.2 Å². The van der Waals surface area contributed by atoms with Crippen LogP contribution in [-0.2, 0) is 14.8 Å². The average Bonchev–Trinajstić information content (AvgIpc) is 2.52. The molecular formula is C17H25FN2O3S. The van der Waals surface area contributed by atoms with Crippen molar-refractivity contribution in [3.63, 3.8) is 0 Å². The molecule has 24 heavy (non-hydrogen) atoms. The lowest BCUT2D eigenvalue weighted by Gasteiger charge is -2.37. The Morgan fingerprint density at radius 1 is 1.42 bits per heavy atom. The molecule has 1 aromatic rings. The van der Waals surface area contributed by atoms with Crippen LogP contribution in [0.4, 0.5) is 10.1 Å². The van der Waals surface area contributed by atoms with Crippen molar-refractivity contribution in [2.75, 3.05) is 23.7 Å². The van der Waals surface area contributed by atoms with Gasteiger partial charge in [0, 0.05) is 13.1 Å². The summed E-state index contributed by atoms with van der Waals surface area (Å²) in [4.78, 5) is 14.7. The van der Waals surface area contributed by atoms with Crippen LogP contribution in [0.5, 0.6) is 0 Å². The van der Waals surface area contributed by atoms with Gasteiger partial charge in [-0.15, -0.1) is 0 Å². The van der Waals surface area contributed by atoms with Crippen molar-refractivity contribution in [1.82, 2.24) is 4.90 Å². The highest BCUT2D eigenvalue weighted by molar-refractivity contribution is 7.92. The van der Waals surface area contributed by atoms with Gasteiger partial charge < -0.3 is 4.90 Å². The van der Waals surface area contributed by atoms with Crippen LogP contribution in [0.15, 0.2) is 24.3 Å². The van der Waals surface area contributed by atoms with Crippen molar-refractivity contribution < 1.29 is 17.6 Å². The molecule has 0 spiro atoms. The molecule has 7 heteroatoms. The minimum absolute atomic E-state index is 0.0785. The molecule has 5 nitrogen and oxygen atoms in total. The zero-order chi connectivity index (χ0) is 17.9. The number of hydrogen-bond acceptors (Lipinski definition) is 3. The topological polar surface area (TPSA) is 57.7 Å². The molecule has 0 unspecified atom stereocenters. The molecule has 1 fully saturated rings. The molecule has 0 N–H and O–H groups in total. The lowest BCUT2D eigenvalue weighted by Crippen LogP contribution is -2.53. The number of hydrogen-bond donors (Lipinski definition) is 0. The molecule has 0 radical (unpaired) electrons. The van der Waals surface area contributed by atoms with E-state index in [0.717, 1.165) is 23.4 Å². The molecule has 1 amide bonds. The molecule has 0 aliphatic carbocycles. The molecule has 1 heterocycles. The van der Waals surface area contributed by atoms with Crippen molar-refractivity contribution in [3.8, 4) is 0 Å². The van der Waals surface area contributed by atoms with Crippen molar-refractivity contribution in [3.05, 3.63) is 30.1 Å². The fourth-order valence-electron chi connectivity index (χ4n) is 3.25. The molecule has 2 rings (SSSR count). The van der Waals surface area contributed by atoms with Gasteiger partial charge in [0.1, 0.15) is 11.9 Å². The van der Waals surface area contributed by atoms with Gasteiger partial charge in [0.15, 0.2) is 0 Å². The number of likely N-dealkylation sites (tertiary alicyclic amines) is 1. The third-order valence-electron chi connectivity index (χ3n) is 4.37. The number of anilines is 1. The Hall–Kier alpha value is -1.63. The van der Waals surface area contributed by atoms with Gasteiger partial charge in [-0.05, 0) is 37.3 Å². The van der Waals surface area contributed by atoms with E-state index in [4.69, 9.17) is 0 Å². The van der Waals surface area contributed by atoms with Crippen LogP contribution < -0.4 is 4.31 Å². The Morgan fingerprint density at radius 2 is 2.08 bits per heavy atom. The van der Waals surface area contributed by atoms with E-state index in [-0.39, 0.29) is 18.0 Å². The van der Waals surface area contributed by atoms with Crippen LogP contribution in [0.2, 0.25) is 0 Å². The smallest absolute Gasteiger partial charge is 0.246 e. The maximum atomic E-state index is 14.2. The summed E-state index contributed by atoms with van der Waals surface area (Å²) in [6.07, 6.45) is 3.25. The number of para-hydroxylation sites is 1. The molecular weight excluding hydrogens is 331 g/mol. The van der Waals surface area contributed by atoms with E-state index in [1.54, 1.807) is 17.9 Å². The lowest BCUT2D eigenvalue weighted by molar-refractivity contribution is -0.134. The van der Waals surface area contributed by atoms with Crippen LogP contribution in [0, 0.1) is 11.7 Å². The van der Waals surface area contributed by atoms with E-state index in [0.29, 0.717) is 19.0 Å². The Bertz CT molecular complexity index is 693. The number of sulfonamides is 1. The van der Waals surface area contributed by atoms with Crippen molar-refractivity contribution in [2.45, 2.75) is 39.2 Å². The van der Waals surface area contributed by atoms with E-state index in [9.17, 15) is 17.6 Å². The first-order chi connectivity index (χ1) is 11.3. The summed E-state index contributed by atoms with van der Waals surface area (Å²) in [6.45, 7) is 5.05. The number of nitrogens with zero attached hydrogens (tertiary/aromatic N) is 2. The highest BCUT2D eigenvalue weighted by atomic mass is 32.2. The Morgan fingerprint density at radius 3 is 2.62 bits per heavy atom. The second-order valence-corrected chi connectivity index (χ2v) is 8.33. The van der Waals surface area contributed by atoms with Crippen molar-refractivity contribution in [1.29, 1.82) is 0 Å². The molecule has 0 saturated carbocycles. The van der Waals surface area contributed by atoms with Crippen LogP contribution >= 0.6 is 0 Å². The maximum Gasteiger partial charge on any atom is 0.246 e. The van der Waals surface area contributed by atoms with Crippen LogP contribution in [-0.4, -0.2) is 44.6 Å². The highest BCUT2D eigenvalue weighted by Crippen LogP contribution is 2.27. The molecule has 1 aliphatic rings. The normalized spacial score (nSPS) is 19.8. The zero-order valence-corrected chi connectivity index (χ0v) is 15.2. The average molecular weight is 356 g/mol. The molecule has 0 aromatic heterocycles. The van der Waals surface area contributed by atoms with Crippen LogP contribution in [0.1, 0.15) is 33.1 Å². The quantitative estimate of drug-likeness (QED) is 0.815. The highest BCUT2D eigenvalue weighted by Gasteiger charge is 2.36. The van der Waals surface area contributed by atoms with Crippen molar-refractivity contribution >= 4 is 21.6 Å². The number of carbonyl (C=O) groups excluding carboxylic acids is 1. The van der Waals surface area contributed by atoms with Gasteiger partial charge in [-0.3, -0.25) is 9.10 Å². The summed E-state index contributed by atoms with van der Waals surface area (Å²) in [7, 11) is -3.80. The van der Waals surface area contributed by atoms with E-state index >= 15 is 0 Å². The van der Waals surface area contributed by atoms with Crippen LogP contribution in [0.25, 0.3) is 0 Å². The fraction of sp³-hybridized carbons (Fsp3) is 0.588. The summed E-state index contributed by atoms with van der Waals surface area (Å²) >= 11 is 0. The number of amides is 1. The second kappa shape index (κ2) is 7.51. The lowest BCUT2D eigenvalue weighted by atomic mass is 9.99. The molecule has 0 bridgehead atoms. The van der Waals surface area contributed by atoms with Crippen molar-refractivity contribution in [2.24, 2.45) is 5.92 Å². The third-order valence-corrected chi connectivity index (χ3v) is 5.54. The number of carbonyl (C=O) groups is 1. The van der Waals surface area contributed by atoms with Gasteiger partial charge in [0.05, 0.1) is 11.9 Å². The largest absolute Gasteiger partial charge is 0.341 e. The van der Waals surface area contributed by atoms with Gasteiger partial charge in [0.25, 0.3) is 0 Å². The Kier molecular flexibility index (Phi) is 5.85. The third kappa shape index (κ3) is 4.06. The SMILES string of the molecule is CC[C@@H](C(=O)N1CCC[C@@H](C)C1)N(c1ccccc1F)S(C)(=O)=O. The van der Waals surface area contributed by atoms with Gasteiger partial charge in [-0.1, -0.05) is 26.0 Å². The van der Waals surface area contributed by atoms with Gasteiger partial charge in [-0.25, -0.2) is 12.8 Å². The summed E-state index contributed by atoms with van der Waals surface area (Å²) in [5.41, 5.74) is -0.0785. The van der Waals surface area contributed by atoms with E-state index in [2.05, 4.69) is 6.92 Å². The van der Waals surface area contributed by atoms with Crippen LogP contribution in [0.3, 0.4) is 0 Å². The fourth-order valence-corrected chi connectivity index (χ4v) is 4.46. The first kappa shape index (κ1) is 18.7. The molecule has 1 aliphatic heterocycles. The Labute approximate surface area is 143 Å². The minimum Gasteiger partial charge on any atom is -0.341 e. The number of benzene rings is 1. The predicted octanol–water partition coefficient (Wildman–Crippen LogP) is 2.63. The Balaban J connectivity index is 2.40. The summed E-state index contributed by atoms with van der Waals surface area (Å²) in [6, 6.07) is 4.73. The summed E-state index contributed by atoms with van der Waals surface area (Å²) in [5, 5.41) is 0.